The van der Waals surface area contributed by atoms with Crippen LogP contribution in [0.25, 0.3) is 0 Å². The number of hydrogen-bond donors (Lipinski definition) is 2. The molecule has 0 aliphatic rings. The van der Waals surface area contributed by atoms with Crippen LogP contribution >= 0.6 is 31.9 Å². The number of benzene rings is 1. The molecule has 0 atom stereocenters. The van der Waals surface area contributed by atoms with Crippen LogP contribution in [0.4, 0.5) is 17.5 Å². The quantitative estimate of drug-likeness (QED) is 0.863. The molecule has 0 spiro atoms. The maximum atomic E-state index is 5.52. The average Bonchev–Trinajstić information content (AvgIpc) is 2.33. The van der Waals surface area contributed by atoms with E-state index in [1.54, 1.807) is 19.4 Å². The lowest BCUT2D eigenvalue weighted by Gasteiger charge is -2.11. The lowest BCUT2D eigenvalue weighted by Crippen LogP contribution is -2.00. The number of ether oxygens (including phenoxy) is 1. The predicted octanol–water partition coefficient (Wildman–Crippen LogP) is 3.34. The average molecular weight is 374 g/mol. The number of anilines is 3. The highest BCUT2D eigenvalue weighted by molar-refractivity contribution is 9.11. The number of nitrogens with one attached hydrogen (secondary N) is 1. The van der Waals surface area contributed by atoms with Gasteiger partial charge in [0.05, 0.1) is 17.3 Å². The van der Waals surface area contributed by atoms with Crippen molar-refractivity contribution in [1.82, 2.24) is 9.97 Å². The number of methoxy groups -OCH3 is 1. The van der Waals surface area contributed by atoms with Crippen molar-refractivity contribution in [3.63, 3.8) is 0 Å². The van der Waals surface area contributed by atoms with Crippen molar-refractivity contribution in [1.29, 1.82) is 0 Å². The molecule has 0 saturated heterocycles. The Morgan fingerprint density at radius 3 is 2.72 bits per heavy atom. The lowest BCUT2D eigenvalue weighted by molar-refractivity contribution is 0.412. The molecule has 0 bridgehead atoms. The SMILES string of the molecule is COc1cc(Nc2ccnc(N)n2)c(Br)cc1Br. The number of nitrogens with two attached hydrogens (primary N) is 1. The summed E-state index contributed by atoms with van der Waals surface area (Å²) in [6.07, 6.45) is 1.59. The number of hydrogen-bond acceptors (Lipinski definition) is 5. The summed E-state index contributed by atoms with van der Waals surface area (Å²) >= 11 is 6.87. The Morgan fingerprint density at radius 1 is 1.28 bits per heavy atom. The van der Waals surface area contributed by atoms with E-state index in [1.165, 1.54) is 0 Å². The Bertz CT molecular complexity index is 577. The highest BCUT2D eigenvalue weighted by Crippen LogP contribution is 2.35. The first kappa shape index (κ1) is 13.1. The fraction of sp³-hybridized carbons (Fsp3) is 0.0909. The highest BCUT2D eigenvalue weighted by Gasteiger charge is 2.08. The molecule has 18 heavy (non-hydrogen) atoms. The minimum absolute atomic E-state index is 0.222. The first-order chi connectivity index (χ1) is 8.60. The molecule has 0 fully saturated rings. The van der Waals surface area contributed by atoms with Crippen LogP contribution in [0.2, 0.25) is 0 Å². The predicted molar refractivity (Wildman–Crippen MR) is 78.1 cm³/mol. The van der Waals surface area contributed by atoms with Crippen LogP contribution in [0.3, 0.4) is 0 Å². The maximum absolute atomic E-state index is 5.52. The van der Waals surface area contributed by atoms with Crippen molar-refractivity contribution in [3.05, 3.63) is 33.3 Å². The van der Waals surface area contributed by atoms with Gasteiger partial charge in [0, 0.05) is 16.7 Å². The molecule has 0 unspecified atom stereocenters. The van der Waals surface area contributed by atoms with Crippen molar-refractivity contribution < 1.29 is 4.74 Å². The van der Waals surface area contributed by atoms with E-state index in [-0.39, 0.29) is 5.95 Å². The third-order valence-electron chi connectivity index (χ3n) is 2.18. The van der Waals surface area contributed by atoms with Crippen LogP contribution in [-0.2, 0) is 0 Å². The maximum Gasteiger partial charge on any atom is 0.221 e. The van der Waals surface area contributed by atoms with E-state index in [0.717, 1.165) is 20.4 Å². The normalized spacial score (nSPS) is 10.2. The first-order valence-corrected chi connectivity index (χ1v) is 6.57. The van der Waals surface area contributed by atoms with Gasteiger partial charge < -0.3 is 15.8 Å². The molecule has 3 N–H and O–H groups in total. The zero-order valence-corrected chi connectivity index (χ0v) is 12.6. The van der Waals surface area contributed by atoms with Crippen molar-refractivity contribution in [2.75, 3.05) is 18.2 Å². The van der Waals surface area contributed by atoms with Gasteiger partial charge in [0.1, 0.15) is 11.6 Å². The zero-order valence-electron chi connectivity index (χ0n) is 9.45. The minimum Gasteiger partial charge on any atom is -0.495 e. The second kappa shape index (κ2) is 5.53. The van der Waals surface area contributed by atoms with Gasteiger partial charge in [0.2, 0.25) is 5.95 Å². The number of aromatic nitrogens is 2. The van der Waals surface area contributed by atoms with Gasteiger partial charge in [-0.25, -0.2) is 4.98 Å². The Morgan fingerprint density at radius 2 is 2.06 bits per heavy atom. The number of nitrogen functional groups attached to an aromatic ring is 1. The molecule has 0 radical (unpaired) electrons. The fourth-order valence-electron chi connectivity index (χ4n) is 1.36. The number of rotatable bonds is 3. The van der Waals surface area contributed by atoms with Crippen molar-refractivity contribution in [3.8, 4) is 5.75 Å². The largest absolute Gasteiger partial charge is 0.495 e. The monoisotopic (exact) mass is 372 g/mol. The molecule has 1 heterocycles. The van der Waals surface area contributed by atoms with Crippen LogP contribution in [0.1, 0.15) is 0 Å². The van der Waals surface area contributed by atoms with Gasteiger partial charge in [-0.05, 0) is 44.0 Å². The van der Waals surface area contributed by atoms with E-state index in [0.29, 0.717) is 5.82 Å². The van der Waals surface area contributed by atoms with Crippen LogP contribution in [0, 0.1) is 0 Å². The standard InChI is InChI=1S/C11H10Br2N4O/c1-18-9-5-8(6(12)4-7(9)13)16-10-2-3-15-11(14)17-10/h2-5H,1H3,(H3,14,15,16,17). The van der Waals surface area contributed by atoms with Crippen molar-refractivity contribution >= 4 is 49.3 Å². The van der Waals surface area contributed by atoms with Gasteiger partial charge in [-0.1, -0.05) is 0 Å². The summed E-state index contributed by atoms with van der Waals surface area (Å²) in [5.41, 5.74) is 6.35. The van der Waals surface area contributed by atoms with Crippen molar-refractivity contribution in [2.24, 2.45) is 0 Å². The molecule has 1 aromatic carbocycles. The van der Waals surface area contributed by atoms with Gasteiger partial charge in [0.15, 0.2) is 0 Å². The lowest BCUT2D eigenvalue weighted by atomic mass is 10.3. The first-order valence-electron chi connectivity index (χ1n) is 4.98. The van der Waals surface area contributed by atoms with Gasteiger partial charge in [-0.2, -0.15) is 4.98 Å². The van der Waals surface area contributed by atoms with Gasteiger partial charge >= 0.3 is 0 Å². The molecule has 7 heteroatoms. The van der Waals surface area contributed by atoms with Gasteiger partial charge in [0.25, 0.3) is 0 Å². The van der Waals surface area contributed by atoms with Crippen LogP contribution < -0.4 is 15.8 Å². The zero-order chi connectivity index (χ0) is 13.1. The third-order valence-corrected chi connectivity index (χ3v) is 3.45. The van der Waals surface area contributed by atoms with E-state index in [1.807, 2.05) is 12.1 Å². The molecule has 2 rings (SSSR count). The molecule has 0 aliphatic heterocycles. The summed E-state index contributed by atoms with van der Waals surface area (Å²) in [5.74, 6) is 1.57. The molecular weight excluding hydrogens is 364 g/mol. The van der Waals surface area contributed by atoms with Gasteiger partial charge in [-0.3, -0.25) is 0 Å². The van der Waals surface area contributed by atoms with E-state index in [9.17, 15) is 0 Å². The molecule has 2 aromatic rings. The summed E-state index contributed by atoms with van der Waals surface area (Å²) < 4.78 is 6.98. The van der Waals surface area contributed by atoms with Crippen LogP contribution in [0.5, 0.6) is 5.75 Å². The van der Waals surface area contributed by atoms with Crippen molar-refractivity contribution in [2.45, 2.75) is 0 Å². The Kier molecular flexibility index (Phi) is 4.03. The molecular formula is C11H10Br2N4O. The van der Waals surface area contributed by atoms with E-state index in [4.69, 9.17) is 10.5 Å². The molecule has 5 nitrogen and oxygen atoms in total. The topological polar surface area (TPSA) is 73.1 Å². The van der Waals surface area contributed by atoms with Crippen LogP contribution in [-0.4, -0.2) is 17.1 Å². The number of halogens is 2. The summed E-state index contributed by atoms with van der Waals surface area (Å²) in [6.45, 7) is 0. The van der Waals surface area contributed by atoms with E-state index >= 15 is 0 Å². The third kappa shape index (κ3) is 2.91. The second-order valence-corrected chi connectivity index (χ2v) is 5.10. The van der Waals surface area contributed by atoms with Crippen LogP contribution in [0.15, 0.2) is 33.3 Å². The second-order valence-electron chi connectivity index (χ2n) is 3.39. The molecule has 94 valence electrons. The Hall–Kier alpha value is -1.34. The Balaban J connectivity index is 2.34. The smallest absolute Gasteiger partial charge is 0.221 e. The summed E-state index contributed by atoms with van der Waals surface area (Å²) in [5, 5.41) is 3.14. The molecule has 0 aliphatic carbocycles. The molecule has 0 amide bonds. The van der Waals surface area contributed by atoms with Gasteiger partial charge in [-0.15, -0.1) is 0 Å². The summed E-state index contributed by atoms with van der Waals surface area (Å²) in [6, 6.07) is 5.48. The summed E-state index contributed by atoms with van der Waals surface area (Å²) in [7, 11) is 1.61. The van der Waals surface area contributed by atoms with E-state index < -0.39 is 0 Å². The molecule has 1 aromatic heterocycles. The Labute approximate surface area is 121 Å². The number of nitrogens with zero attached hydrogens (tertiary/aromatic N) is 2. The summed E-state index contributed by atoms with van der Waals surface area (Å²) in [4.78, 5) is 7.90. The highest BCUT2D eigenvalue weighted by atomic mass is 79.9. The minimum atomic E-state index is 0.222. The molecule has 0 saturated carbocycles. The van der Waals surface area contributed by atoms with E-state index in [2.05, 4.69) is 47.1 Å². The fourth-order valence-corrected chi connectivity index (χ4v) is 2.62.